The van der Waals surface area contributed by atoms with Crippen LogP contribution in [0.25, 0.3) is 0 Å². The standard InChI is InChI=1S/C60H57N9O21S3/c1-64-10-7-61-52(64)31-88-58-40-13-34-19-46(67(70)71)21-36(55(34)85-4)15-42-27-50(92(79,80)81)29-44(59(42)89-32-53-62-8-11-65(53)2)17-38-23-48(69(74)75)24-39(57(38)87-6)18-45-30-51(93(82,83)84)28-43(60(45)90-33-54-63-9-12-66(54)3)16-37-22-47(68(72)73)20-35(56(37)86-5)14-41(58)26-49(25-40)91(76,77)78/h7-12,19-30H,13-18,31-33H2,1-6H3,(H3,76,77,78,79,80,81,82,83,84). The molecule has 0 spiro atoms. The lowest BCUT2D eigenvalue weighted by Crippen LogP contribution is -2.31. The zero-order valence-electron chi connectivity index (χ0n) is 50.2. The summed E-state index contributed by atoms with van der Waals surface area (Å²) < 4.78 is 163. The van der Waals surface area contributed by atoms with Crippen LogP contribution in [0.5, 0.6) is 34.5 Å². The van der Waals surface area contributed by atoms with Crippen LogP contribution in [0.1, 0.15) is 84.2 Å². The van der Waals surface area contributed by atoms with Crippen molar-refractivity contribution in [2.24, 2.45) is 21.1 Å². The molecule has 0 unspecified atom stereocenters. The molecule has 0 aliphatic heterocycles. The number of H-pyrrole nitrogens is 3. The molecule has 1 aliphatic rings. The predicted molar refractivity (Wildman–Crippen MR) is 318 cm³/mol. The number of hydrogen-bond acceptors (Lipinski definition) is 21. The molecule has 33 heteroatoms. The van der Waals surface area contributed by atoms with Crippen molar-refractivity contribution < 1.29 is 95.8 Å². The molecule has 0 radical (unpaired) electrons. The van der Waals surface area contributed by atoms with Crippen molar-refractivity contribution in [3.05, 3.63) is 225 Å². The third-order valence-corrected chi connectivity index (χ3v) is 18.1. The summed E-state index contributed by atoms with van der Waals surface area (Å²) in [6.07, 6.45) is 6.53. The number of ether oxygens (including phenoxy) is 6. The zero-order chi connectivity index (χ0) is 67.0. The molecule has 30 nitrogen and oxygen atoms in total. The van der Waals surface area contributed by atoms with Crippen LogP contribution in [-0.2, 0) is 110 Å². The van der Waals surface area contributed by atoms with Crippen molar-refractivity contribution in [3.8, 4) is 34.5 Å². The number of nitro groups is 3. The Morgan fingerprint density at radius 2 is 0.559 bits per heavy atom. The normalized spacial score (nSPS) is 12.7. The number of non-ortho nitro benzene ring substituents is 3. The first-order chi connectivity index (χ1) is 44.0. The maximum atomic E-state index is 13.4. The molecule has 10 rings (SSSR count). The molecule has 6 aromatic carbocycles. The van der Waals surface area contributed by atoms with Crippen LogP contribution in [0.3, 0.4) is 0 Å². The highest BCUT2D eigenvalue weighted by atomic mass is 32.2. The SMILES string of the molecule is COc1c2cc([N+](=O)[O-])cc1Cc1cc(S(=O)(=O)[O-])cc(c1OCc1[nH]cc[n+]1C)Cc1cc([N+](=O)[O-])cc(c1OC)Cc1cc(S(=O)(=O)[O-])cc(c1OCc1[nH]cc[n+]1C)Cc1cc([N+](=O)[O-])cc(c1OC)Cc1cc(S(=O)(=O)[O-])cc(c1OCc1[nH]cc[n+]1C)C2. The van der Waals surface area contributed by atoms with Gasteiger partial charge in [-0.05, 0) is 36.4 Å². The van der Waals surface area contributed by atoms with Gasteiger partial charge in [0.2, 0.25) is 0 Å². The number of methoxy groups -OCH3 is 3. The van der Waals surface area contributed by atoms with Crippen LogP contribution in [0.15, 0.2) is 125 Å². The molecule has 1 aliphatic carbocycles. The molecular weight excluding hydrogens is 1280 g/mol. The van der Waals surface area contributed by atoms with Crippen molar-refractivity contribution in [2.45, 2.75) is 73.0 Å². The Morgan fingerprint density at radius 1 is 0.366 bits per heavy atom. The van der Waals surface area contributed by atoms with Crippen LogP contribution in [0.2, 0.25) is 0 Å². The molecule has 0 atom stereocenters. The maximum absolute atomic E-state index is 13.4. The highest BCUT2D eigenvalue weighted by molar-refractivity contribution is 7.86. The number of aryl methyl sites for hydroxylation is 3. The summed E-state index contributed by atoms with van der Waals surface area (Å²) in [5.74, 6) is 0.604. The van der Waals surface area contributed by atoms with Gasteiger partial charge in [0, 0.05) is 142 Å². The fraction of sp³-hybridized carbons (Fsp3) is 0.250. The van der Waals surface area contributed by atoms with E-state index in [9.17, 15) is 69.3 Å². The molecule has 12 bridgehead atoms. The number of benzene rings is 6. The van der Waals surface area contributed by atoms with Gasteiger partial charge in [-0.25, -0.2) is 53.9 Å². The van der Waals surface area contributed by atoms with E-state index in [2.05, 4.69) is 15.0 Å². The lowest BCUT2D eigenvalue weighted by atomic mass is 9.90. The van der Waals surface area contributed by atoms with Crippen LogP contribution < -0.4 is 42.1 Å². The maximum Gasteiger partial charge on any atom is 0.292 e. The van der Waals surface area contributed by atoms with Crippen molar-refractivity contribution in [1.82, 2.24) is 15.0 Å². The van der Waals surface area contributed by atoms with E-state index in [0.29, 0.717) is 17.5 Å². The average Bonchev–Trinajstić information content (AvgIpc) is 1.18. The summed E-state index contributed by atoms with van der Waals surface area (Å²) in [5, 5.41) is 39.2. The van der Waals surface area contributed by atoms with Gasteiger partial charge in [-0.3, -0.25) is 30.3 Å². The Balaban J connectivity index is 1.33. The van der Waals surface area contributed by atoms with Gasteiger partial charge in [-0.1, -0.05) is 0 Å². The molecule has 93 heavy (non-hydrogen) atoms. The van der Waals surface area contributed by atoms with Crippen molar-refractivity contribution in [2.75, 3.05) is 21.3 Å². The fourth-order valence-electron chi connectivity index (χ4n) is 11.4. The van der Waals surface area contributed by atoms with Gasteiger partial charge in [0.05, 0.1) is 71.9 Å². The summed E-state index contributed by atoms with van der Waals surface area (Å²) in [6.45, 7) is -0.876. The lowest BCUT2D eigenvalue weighted by Gasteiger charge is -2.23. The minimum atomic E-state index is -5.44. The fourth-order valence-corrected chi connectivity index (χ4v) is 13.2. The summed E-state index contributed by atoms with van der Waals surface area (Å²) >= 11 is 0. The first-order valence-electron chi connectivity index (χ1n) is 27.8. The second-order valence-corrected chi connectivity index (χ2v) is 25.9. The van der Waals surface area contributed by atoms with Crippen molar-refractivity contribution in [1.29, 1.82) is 0 Å². The summed E-state index contributed by atoms with van der Waals surface area (Å²) in [4.78, 5) is 43.6. The van der Waals surface area contributed by atoms with Crippen LogP contribution >= 0.6 is 0 Å². The topological polar surface area (TPSA) is 415 Å². The molecule has 9 aromatic rings. The minimum absolute atomic E-state index is 0.0413. The van der Waals surface area contributed by atoms with Gasteiger partial charge < -0.3 is 42.1 Å². The Kier molecular flexibility index (Phi) is 18.4. The average molecular weight is 1340 g/mol. The van der Waals surface area contributed by atoms with E-state index in [4.69, 9.17) is 28.4 Å². The van der Waals surface area contributed by atoms with E-state index < -0.39 is 115 Å². The molecule has 0 amide bonds. The largest absolute Gasteiger partial charge is 0.744 e. The minimum Gasteiger partial charge on any atom is -0.744 e. The van der Waals surface area contributed by atoms with E-state index >= 15 is 0 Å². The van der Waals surface area contributed by atoms with E-state index in [1.807, 2.05) is 0 Å². The quantitative estimate of drug-likeness (QED) is 0.0430. The molecule has 0 fully saturated rings. The Morgan fingerprint density at radius 3 is 0.710 bits per heavy atom. The Labute approximate surface area is 530 Å². The number of rotatable bonds is 18. The summed E-state index contributed by atoms with van der Waals surface area (Å²) in [7, 11) is -7.61. The number of nitro benzene ring substituents is 3. The smallest absolute Gasteiger partial charge is 0.292 e. The lowest BCUT2D eigenvalue weighted by molar-refractivity contribution is -0.679. The predicted octanol–water partition coefficient (Wildman–Crippen LogP) is 5.20. The van der Waals surface area contributed by atoms with Gasteiger partial charge in [0.15, 0.2) is 19.8 Å². The van der Waals surface area contributed by atoms with E-state index in [0.717, 1.165) is 72.8 Å². The Hall–Kier alpha value is -10.3. The molecule has 3 heterocycles. The van der Waals surface area contributed by atoms with E-state index in [1.54, 1.807) is 72.0 Å². The highest BCUT2D eigenvalue weighted by Crippen LogP contribution is 2.45. The summed E-state index contributed by atoms with van der Waals surface area (Å²) in [5.41, 5.74) is -2.60. The third-order valence-electron chi connectivity index (χ3n) is 15.7. The van der Waals surface area contributed by atoms with E-state index in [1.165, 1.54) is 21.3 Å². The number of aromatic nitrogens is 6. The summed E-state index contributed by atoms with van der Waals surface area (Å²) in [6, 6.07) is 12.6. The number of nitrogens with zero attached hydrogens (tertiary/aromatic N) is 6. The van der Waals surface area contributed by atoms with Gasteiger partial charge in [-0.15, -0.1) is 0 Å². The number of imidazole rings is 3. The van der Waals surface area contributed by atoms with Crippen LogP contribution in [0, 0.1) is 30.3 Å². The third kappa shape index (κ3) is 14.3. The number of fused-ring (bicyclic) bond motifs is 12. The molecule has 0 saturated carbocycles. The first-order valence-corrected chi connectivity index (χ1v) is 32.1. The van der Waals surface area contributed by atoms with Crippen LogP contribution in [0.4, 0.5) is 17.1 Å². The molecule has 486 valence electrons. The number of hydrogen-bond donors (Lipinski definition) is 3. The zero-order valence-corrected chi connectivity index (χ0v) is 52.7. The van der Waals surface area contributed by atoms with E-state index in [-0.39, 0.29) is 121 Å². The molecule has 3 N–H and O–H groups in total. The van der Waals surface area contributed by atoms with Gasteiger partial charge >= 0.3 is 0 Å². The van der Waals surface area contributed by atoms with Gasteiger partial charge in [-0.2, -0.15) is 0 Å². The first kappa shape index (κ1) is 65.6. The van der Waals surface area contributed by atoms with Gasteiger partial charge in [0.25, 0.3) is 34.5 Å². The number of aromatic amines is 3. The second-order valence-electron chi connectivity index (χ2n) is 21.7. The molecule has 3 aromatic heterocycles. The molecule has 0 saturated heterocycles. The number of nitrogens with one attached hydrogen (secondary N) is 3. The molecular formula is C60H57N9O21S3. The van der Waals surface area contributed by atoms with Crippen molar-refractivity contribution in [3.63, 3.8) is 0 Å². The van der Waals surface area contributed by atoms with Crippen LogP contribution in [-0.4, -0.2) is 90.0 Å². The second kappa shape index (κ2) is 26.1. The van der Waals surface area contributed by atoms with Gasteiger partial charge in [0.1, 0.15) is 102 Å². The highest BCUT2D eigenvalue weighted by Gasteiger charge is 2.31. The van der Waals surface area contributed by atoms with Crippen molar-refractivity contribution >= 4 is 47.4 Å². The Bertz CT molecular complexity index is 4230. The monoisotopic (exact) mass is 1340 g/mol.